The lowest BCUT2D eigenvalue weighted by Gasteiger charge is -2.05. The summed E-state index contributed by atoms with van der Waals surface area (Å²) in [4.78, 5) is 11.2. The molecule has 0 amide bonds. The fourth-order valence-corrected chi connectivity index (χ4v) is 1.30. The summed E-state index contributed by atoms with van der Waals surface area (Å²) in [6, 6.07) is 7.77. The summed E-state index contributed by atoms with van der Waals surface area (Å²) in [7, 11) is 3.23. The van der Waals surface area contributed by atoms with Crippen LogP contribution in [0.3, 0.4) is 0 Å². The molecule has 1 aromatic carbocycles. The summed E-state index contributed by atoms with van der Waals surface area (Å²) in [5.41, 5.74) is 2.55. The van der Waals surface area contributed by atoms with E-state index in [-0.39, 0.29) is 5.97 Å². The average molecular weight is 205 g/mol. The maximum atomic E-state index is 11.2. The van der Waals surface area contributed by atoms with Gasteiger partial charge in [0.05, 0.1) is 7.11 Å². The van der Waals surface area contributed by atoms with Crippen LogP contribution in [-0.2, 0) is 9.53 Å². The van der Waals surface area contributed by atoms with E-state index < -0.39 is 0 Å². The molecule has 0 aliphatic carbocycles. The molecule has 0 saturated carbocycles. The van der Waals surface area contributed by atoms with Gasteiger partial charge in [0.15, 0.2) is 0 Å². The second kappa shape index (κ2) is 5.20. The summed E-state index contributed by atoms with van der Waals surface area (Å²) < 4.78 is 4.63. The molecule has 1 N–H and O–H groups in total. The minimum atomic E-state index is -0.305. The fourth-order valence-electron chi connectivity index (χ4n) is 1.30. The van der Waals surface area contributed by atoms with Crippen molar-refractivity contribution < 1.29 is 9.53 Å². The van der Waals surface area contributed by atoms with Gasteiger partial charge in [-0.15, -0.1) is 0 Å². The SMILES string of the molecule is CNc1ccccc1/C=C(\C)C(=O)OC. The first-order chi connectivity index (χ1) is 7.19. The van der Waals surface area contributed by atoms with E-state index in [1.807, 2.05) is 31.3 Å². The Hall–Kier alpha value is -1.77. The first kappa shape index (κ1) is 11.3. The van der Waals surface area contributed by atoms with E-state index in [0.717, 1.165) is 11.3 Å². The molecule has 0 radical (unpaired) electrons. The third kappa shape index (κ3) is 2.84. The zero-order valence-corrected chi connectivity index (χ0v) is 9.20. The summed E-state index contributed by atoms with van der Waals surface area (Å²) in [6.45, 7) is 1.73. The van der Waals surface area contributed by atoms with Crippen molar-refractivity contribution >= 4 is 17.7 Å². The van der Waals surface area contributed by atoms with Gasteiger partial charge in [0.2, 0.25) is 0 Å². The number of para-hydroxylation sites is 1. The van der Waals surface area contributed by atoms with E-state index in [2.05, 4.69) is 10.1 Å². The Balaban J connectivity index is 3.02. The fraction of sp³-hybridized carbons (Fsp3) is 0.250. The first-order valence-electron chi connectivity index (χ1n) is 4.72. The monoisotopic (exact) mass is 205 g/mol. The highest BCUT2D eigenvalue weighted by Gasteiger charge is 2.04. The number of hydrogen-bond donors (Lipinski definition) is 1. The van der Waals surface area contributed by atoms with Crippen LogP contribution >= 0.6 is 0 Å². The quantitative estimate of drug-likeness (QED) is 0.608. The van der Waals surface area contributed by atoms with Crippen molar-refractivity contribution in [1.29, 1.82) is 0 Å². The van der Waals surface area contributed by atoms with Crippen LogP contribution in [0.5, 0.6) is 0 Å². The highest BCUT2D eigenvalue weighted by molar-refractivity contribution is 5.93. The van der Waals surface area contributed by atoms with Crippen LogP contribution in [-0.4, -0.2) is 20.1 Å². The van der Waals surface area contributed by atoms with E-state index >= 15 is 0 Å². The molecule has 0 bridgehead atoms. The van der Waals surface area contributed by atoms with Crippen molar-refractivity contribution in [2.24, 2.45) is 0 Å². The Morgan fingerprint density at radius 3 is 2.67 bits per heavy atom. The van der Waals surface area contributed by atoms with E-state index in [9.17, 15) is 4.79 Å². The lowest BCUT2D eigenvalue weighted by molar-refractivity contribution is -0.135. The van der Waals surface area contributed by atoms with Crippen LogP contribution in [0.1, 0.15) is 12.5 Å². The molecule has 80 valence electrons. The predicted molar refractivity (Wildman–Crippen MR) is 61.7 cm³/mol. The normalized spacial score (nSPS) is 11.0. The molecule has 0 atom stereocenters. The zero-order chi connectivity index (χ0) is 11.3. The summed E-state index contributed by atoms with van der Waals surface area (Å²) >= 11 is 0. The third-order valence-corrected chi connectivity index (χ3v) is 2.11. The maximum absolute atomic E-state index is 11.2. The molecule has 0 spiro atoms. The number of ether oxygens (including phenoxy) is 1. The van der Waals surface area contributed by atoms with E-state index in [0.29, 0.717) is 5.57 Å². The van der Waals surface area contributed by atoms with Gasteiger partial charge in [-0.1, -0.05) is 18.2 Å². The second-order valence-electron chi connectivity index (χ2n) is 3.16. The van der Waals surface area contributed by atoms with Crippen molar-refractivity contribution in [3.63, 3.8) is 0 Å². The zero-order valence-electron chi connectivity index (χ0n) is 9.20. The number of esters is 1. The molecule has 1 rings (SSSR count). The topological polar surface area (TPSA) is 38.3 Å². The van der Waals surface area contributed by atoms with Crippen LogP contribution in [0.2, 0.25) is 0 Å². The molecule has 1 aromatic rings. The molecule has 15 heavy (non-hydrogen) atoms. The lowest BCUT2D eigenvalue weighted by Crippen LogP contribution is -2.01. The number of nitrogens with one attached hydrogen (secondary N) is 1. The molecule has 0 aliphatic heterocycles. The number of carbonyl (C=O) groups excluding carboxylic acids is 1. The number of benzene rings is 1. The van der Waals surface area contributed by atoms with Gasteiger partial charge in [0, 0.05) is 18.3 Å². The van der Waals surface area contributed by atoms with Gasteiger partial charge < -0.3 is 10.1 Å². The minimum absolute atomic E-state index is 0.305. The van der Waals surface area contributed by atoms with E-state index in [4.69, 9.17) is 0 Å². The van der Waals surface area contributed by atoms with Gasteiger partial charge in [-0.25, -0.2) is 4.79 Å². The van der Waals surface area contributed by atoms with Crippen molar-refractivity contribution in [3.05, 3.63) is 35.4 Å². The summed E-state index contributed by atoms with van der Waals surface area (Å²) in [5, 5.41) is 3.06. The van der Waals surface area contributed by atoms with E-state index in [1.165, 1.54) is 7.11 Å². The van der Waals surface area contributed by atoms with Crippen LogP contribution in [0.15, 0.2) is 29.8 Å². The number of carbonyl (C=O) groups is 1. The molecular formula is C12H15NO2. The van der Waals surface area contributed by atoms with Crippen LogP contribution in [0.4, 0.5) is 5.69 Å². The Bertz CT molecular complexity index is 383. The Kier molecular flexibility index (Phi) is 3.92. The largest absolute Gasteiger partial charge is 0.466 e. The van der Waals surface area contributed by atoms with Gasteiger partial charge in [-0.05, 0) is 24.6 Å². The van der Waals surface area contributed by atoms with Crippen LogP contribution in [0.25, 0.3) is 6.08 Å². The van der Waals surface area contributed by atoms with Crippen molar-refractivity contribution in [1.82, 2.24) is 0 Å². The Morgan fingerprint density at radius 2 is 2.07 bits per heavy atom. The summed E-state index contributed by atoms with van der Waals surface area (Å²) in [5.74, 6) is -0.305. The highest BCUT2D eigenvalue weighted by atomic mass is 16.5. The highest BCUT2D eigenvalue weighted by Crippen LogP contribution is 2.17. The van der Waals surface area contributed by atoms with E-state index in [1.54, 1.807) is 13.0 Å². The molecule has 0 aliphatic rings. The van der Waals surface area contributed by atoms with Gasteiger partial charge in [-0.3, -0.25) is 0 Å². The number of methoxy groups -OCH3 is 1. The van der Waals surface area contributed by atoms with Gasteiger partial charge in [0.1, 0.15) is 0 Å². The van der Waals surface area contributed by atoms with Crippen molar-refractivity contribution in [2.45, 2.75) is 6.92 Å². The van der Waals surface area contributed by atoms with Crippen LogP contribution in [0, 0.1) is 0 Å². The van der Waals surface area contributed by atoms with Gasteiger partial charge in [-0.2, -0.15) is 0 Å². The summed E-state index contributed by atoms with van der Waals surface area (Å²) in [6.07, 6.45) is 1.80. The van der Waals surface area contributed by atoms with Gasteiger partial charge >= 0.3 is 5.97 Å². The van der Waals surface area contributed by atoms with Gasteiger partial charge in [0.25, 0.3) is 0 Å². The number of hydrogen-bond acceptors (Lipinski definition) is 3. The lowest BCUT2D eigenvalue weighted by atomic mass is 10.1. The first-order valence-corrected chi connectivity index (χ1v) is 4.72. The molecule has 0 aromatic heterocycles. The Morgan fingerprint density at radius 1 is 1.40 bits per heavy atom. The molecule has 0 saturated heterocycles. The average Bonchev–Trinajstić information content (AvgIpc) is 2.28. The number of anilines is 1. The molecule has 0 fully saturated rings. The van der Waals surface area contributed by atoms with Crippen molar-refractivity contribution in [2.75, 3.05) is 19.5 Å². The molecule has 3 nitrogen and oxygen atoms in total. The number of rotatable bonds is 3. The standard InChI is InChI=1S/C12H15NO2/c1-9(12(14)15-3)8-10-6-4-5-7-11(10)13-2/h4-8,13H,1-3H3/b9-8+. The molecule has 3 heteroatoms. The minimum Gasteiger partial charge on any atom is -0.466 e. The second-order valence-corrected chi connectivity index (χ2v) is 3.16. The molecule has 0 unspecified atom stereocenters. The molecular weight excluding hydrogens is 190 g/mol. The Labute approximate surface area is 89.8 Å². The predicted octanol–water partition coefficient (Wildman–Crippen LogP) is 2.30. The maximum Gasteiger partial charge on any atom is 0.333 e. The third-order valence-electron chi connectivity index (χ3n) is 2.11. The van der Waals surface area contributed by atoms with Crippen molar-refractivity contribution in [3.8, 4) is 0 Å². The van der Waals surface area contributed by atoms with Crippen LogP contribution < -0.4 is 5.32 Å². The molecule has 0 heterocycles. The smallest absolute Gasteiger partial charge is 0.333 e.